The van der Waals surface area contributed by atoms with Crippen molar-refractivity contribution in [3.05, 3.63) is 35.6 Å². The molecule has 0 radical (unpaired) electrons. The summed E-state index contributed by atoms with van der Waals surface area (Å²) in [5, 5.41) is 0. The van der Waals surface area contributed by atoms with Crippen LogP contribution >= 0.6 is 0 Å². The fourth-order valence-corrected chi connectivity index (χ4v) is 3.25. The molecule has 0 saturated carbocycles. The summed E-state index contributed by atoms with van der Waals surface area (Å²) >= 11 is 0. The van der Waals surface area contributed by atoms with Crippen LogP contribution in [0.4, 0.5) is 4.39 Å². The highest BCUT2D eigenvalue weighted by Gasteiger charge is 2.37. The van der Waals surface area contributed by atoms with Crippen molar-refractivity contribution in [2.45, 2.75) is 12.5 Å². The van der Waals surface area contributed by atoms with Gasteiger partial charge in [-0.05, 0) is 24.1 Å². The molecule has 0 aliphatic rings. The second kappa shape index (κ2) is 6.10. The minimum absolute atomic E-state index is 0.225. The summed E-state index contributed by atoms with van der Waals surface area (Å²) in [4.78, 5) is 0. The zero-order chi connectivity index (χ0) is 12.0. The third kappa shape index (κ3) is 3.38. The number of aryl methyl sites for hydroxylation is 1. The first-order chi connectivity index (χ1) is 7.65. The van der Waals surface area contributed by atoms with Gasteiger partial charge in [-0.1, -0.05) is 12.1 Å². The van der Waals surface area contributed by atoms with Crippen molar-refractivity contribution in [3.63, 3.8) is 0 Å². The molecule has 0 aliphatic heterocycles. The van der Waals surface area contributed by atoms with E-state index >= 15 is 0 Å². The zero-order valence-corrected chi connectivity index (χ0v) is 10.8. The van der Waals surface area contributed by atoms with Crippen LogP contribution in [-0.2, 0) is 19.7 Å². The lowest BCUT2D eigenvalue weighted by atomic mass is 10.2. The molecule has 0 amide bonds. The second-order valence-electron chi connectivity index (χ2n) is 3.43. The lowest BCUT2D eigenvalue weighted by molar-refractivity contribution is 0.123. The Morgan fingerprint density at radius 3 is 2.25 bits per heavy atom. The van der Waals surface area contributed by atoms with Gasteiger partial charge < -0.3 is 13.3 Å². The smallest absolute Gasteiger partial charge is 0.377 e. The quantitative estimate of drug-likeness (QED) is 0.718. The molecule has 0 saturated heterocycles. The minimum atomic E-state index is -2.54. The number of halogens is 1. The predicted octanol–water partition coefficient (Wildman–Crippen LogP) is 2.25. The molecule has 0 aliphatic carbocycles. The molecule has 0 unspecified atom stereocenters. The molecule has 0 heterocycles. The van der Waals surface area contributed by atoms with Gasteiger partial charge >= 0.3 is 8.80 Å². The van der Waals surface area contributed by atoms with Crippen molar-refractivity contribution >= 4 is 8.80 Å². The summed E-state index contributed by atoms with van der Waals surface area (Å²) in [5.41, 5.74) is 0.919. The van der Waals surface area contributed by atoms with Gasteiger partial charge in [0.1, 0.15) is 5.82 Å². The SMILES string of the molecule is CO[Si](CCc1cccc(F)c1)(OC)OC. The average molecular weight is 244 g/mol. The van der Waals surface area contributed by atoms with Crippen LogP contribution in [0.2, 0.25) is 6.04 Å². The lowest BCUT2D eigenvalue weighted by Gasteiger charge is -2.24. The normalized spacial score (nSPS) is 11.8. The van der Waals surface area contributed by atoms with Gasteiger partial charge in [-0.15, -0.1) is 0 Å². The zero-order valence-electron chi connectivity index (χ0n) is 9.83. The predicted molar refractivity (Wildman–Crippen MR) is 61.7 cm³/mol. The van der Waals surface area contributed by atoms with Gasteiger partial charge in [0.2, 0.25) is 0 Å². The van der Waals surface area contributed by atoms with Gasteiger partial charge in [0, 0.05) is 27.4 Å². The standard InChI is InChI=1S/C11H17FO3Si/c1-13-16(14-2,15-3)8-7-10-5-4-6-11(12)9-10/h4-6,9H,7-8H2,1-3H3. The molecular formula is C11H17FO3Si. The van der Waals surface area contributed by atoms with Crippen LogP contribution in [0.15, 0.2) is 24.3 Å². The molecule has 0 spiro atoms. The number of rotatable bonds is 6. The van der Waals surface area contributed by atoms with E-state index in [0.717, 1.165) is 5.56 Å². The van der Waals surface area contributed by atoms with Crippen LogP contribution in [-0.4, -0.2) is 30.1 Å². The molecule has 90 valence electrons. The molecule has 1 rings (SSSR count). The van der Waals surface area contributed by atoms with E-state index in [1.807, 2.05) is 6.07 Å². The first-order valence-electron chi connectivity index (χ1n) is 5.05. The van der Waals surface area contributed by atoms with Crippen molar-refractivity contribution in [2.24, 2.45) is 0 Å². The Balaban J connectivity index is 2.62. The summed E-state index contributed by atoms with van der Waals surface area (Å²) in [6.07, 6.45) is 0.680. The maximum Gasteiger partial charge on any atom is 0.500 e. The molecule has 0 fully saturated rings. The van der Waals surface area contributed by atoms with Gasteiger partial charge in [-0.2, -0.15) is 0 Å². The van der Waals surface area contributed by atoms with Gasteiger partial charge in [0.15, 0.2) is 0 Å². The van der Waals surface area contributed by atoms with E-state index in [0.29, 0.717) is 12.5 Å². The van der Waals surface area contributed by atoms with E-state index in [1.54, 1.807) is 27.4 Å². The van der Waals surface area contributed by atoms with Crippen molar-refractivity contribution < 1.29 is 17.7 Å². The van der Waals surface area contributed by atoms with Crippen molar-refractivity contribution in [1.29, 1.82) is 0 Å². The Morgan fingerprint density at radius 1 is 1.12 bits per heavy atom. The molecule has 3 nitrogen and oxygen atoms in total. The van der Waals surface area contributed by atoms with Crippen molar-refractivity contribution in [3.8, 4) is 0 Å². The van der Waals surface area contributed by atoms with E-state index < -0.39 is 8.80 Å². The summed E-state index contributed by atoms with van der Waals surface area (Å²) in [5.74, 6) is -0.225. The first kappa shape index (κ1) is 13.3. The topological polar surface area (TPSA) is 27.7 Å². The van der Waals surface area contributed by atoms with Crippen molar-refractivity contribution in [1.82, 2.24) is 0 Å². The van der Waals surface area contributed by atoms with Gasteiger partial charge in [0.25, 0.3) is 0 Å². The monoisotopic (exact) mass is 244 g/mol. The highest BCUT2D eigenvalue weighted by Crippen LogP contribution is 2.17. The van der Waals surface area contributed by atoms with E-state index in [4.69, 9.17) is 13.3 Å². The van der Waals surface area contributed by atoms with E-state index in [1.165, 1.54) is 12.1 Å². The third-order valence-corrected chi connectivity index (χ3v) is 5.27. The number of hydrogen-bond donors (Lipinski definition) is 0. The van der Waals surface area contributed by atoms with Gasteiger partial charge in [0.05, 0.1) is 0 Å². The molecule has 16 heavy (non-hydrogen) atoms. The minimum Gasteiger partial charge on any atom is -0.377 e. The maximum absolute atomic E-state index is 13.0. The first-order valence-corrected chi connectivity index (χ1v) is 6.99. The van der Waals surface area contributed by atoms with Crippen molar-refractivity contribution in [2.75, 3.05) is 21.3 Å². The van der Waals surface area contributed by atoms with Gasteiger partial charge in [-0.3, -0.25) is 0 Å². The number of hydrogen-bond acceptors (Lipinski definition) is 3. The Kier molecular flexibility index (Phi) is 5.07. The van der Waals surface area contributed by atoms with Crippen LogP contribution in [0.25, 0.3) is 0 Å². The molecule has 1 aromatic rings. The Hall–Kier alpha value is -0.753. The van der Waals surface area contributed by atoms with Crippen LogP contribution in [0.3, 0.4) is 0 Å². The molecule has 1 aromatic carbocycles. The summed E-state index contributed by atoms with van der Waals surface area (Å²) in [6, 6.07) is 7.15. The third-order valence-electron chi connectivity index (χ3n) is 2.54. The summed E-state index contributed by atoms with van der Waals surface area (Å²) in [7, 11) is 2.18. The lowest BCUT2D eigenvalue weighted by Crippen LogP contribution is -2.43. The Morgan fingerprint density at radius 2 is 1.75 bits per heavy atom. The number of benzene rings is 1. The summed E-state index contributed by atoms with van der Waals surface area (Å²) in [6.45, 7) is 0. The second-order valence-corrected chi connectivity index (χ2v) is 6.52. The molecule has 5 heteroatoms. The van der Waals surface area contributed by atoms with E-state index in [9.17, 15) is 4.39 Å². The maximum atomic E-state index is 13.0. The molecule has 0 N–H and O–H groups in total. The van der Waals surface area contributed by atoms with Crippen LogP contribution < -0.4 is 0 Å². The molecular weight excluding hydrogens is 227 g/mol. The van der Waals surface area contributed by atoms with E-state index in [2.05, 4.69) is 0 Å². The highest BCUT2D eigenvalue weighted by molar-refractivity contribution is 6.60. The Labute approximate surface area is 96.5 Å². The van der Waals surface area contributed by atoms with Crippen LogP contribution in [0.5, 0.6) is 0 Å². The fraction of sp³-hybridized carbons (Fsp3) is 0.455. The summed E-state index contributed by atoms with van der Waals surface area (Å²) < 4.78 is 28.8. The molecule has 0 atom stereocenters. The van der Waals surface area contributed by atoms with E-state index in [-0.39, 0.29) is 5.82 Å². The van der Waals surface area contributed by atoms with Gasteiger partial charge in [-0.25, -0.2) is 4.39 Å². The fourth-order valence-electron chi connectivity index (χ4n) is 1.55. The largest absolute Gasteiger partial charge is 0.500 e. The molecule has 0 bridgehead atoms. The van der Waals surface area contributed by atoms with Crippen LogP contribution in [0, 0.1) is 5.82 Å². The highest BCUT2D eigenvalue weighted by atomic mass is 28.4. The van der Waals surface area contributed by atoms with Crippen LogP contribution in [0.1, 0.15) is 5.56 Å². The Bertz CT molecular complexity index is 320. The molecule has 0 aromatic heterocycles. The average Bonchev–Trinajstić information content (AvgIpc) is 2.32.